The number of alkyl halides is 3. The molecule has 1 heterocycles. The van der Waals surface area contributed by atoms with Crippen molar-refractivity contribution in [3.05, 3.63) is 34.3 Å². The van der Waals surface area contributed by atoms with Gasteiger partial charge in [0.1, 0.15) is 0 Å². The van der Waals surface area contributed by atoms with Gasteiger partial charge >= 0.3 is 6.18 Å². The Morgan fingerprint density at radius 1 is 1.29 bits per heavy atom. The number of nitrogens with two attached hydrogens (primary N) is 1. The minimum atomic E-state index is -4.08. The van der Waals surface area contributed by atoms with E-state index in [1.165, 1.54) is 0 Å². The molecule has 0 spiro atoms. The predicted octanol–water partition coefficient (Wildman–Crippen LogP) is 4.11. The van der Waals surface area contributed by atoms with E-state index in [0.717, 1.165) is 16.6 Å². The van der Waals surface area contributed by atoms with Gasteiger partial charge in [-0.15, -0.1) is 0 Å². The monoisotopic (exact) mass is 364 g/mol. The van der Waals surface area contributed by atoms with Gasteiger partial charge in [-0.05, 0) is 50.0 Å². The topological polar surface area (TPSA) is 29.3 Å². The average molecular weight is 365 g/mol. The van der Waals surface area contributed by atoms with Crippen LogP contribution in [0, 0.1) is 5.92 Å². The lowest BCUT2D eigenvalue weighted by molar-refractivity contribution is -0.186. The highest BCUT2D eigenvalue weighted by molar-refractivity contribution is 9.10. The molecule has 0 radical (unpaired) electrons. The molecule has 1 aromatic rings. The Morgan fingerprint density at radius 3 is 2.57 bits per heavy atom. The van der Waals surface area contributed by atoms with E-state index in [9.17, 15) is 13.2 Å². The van der Waals surface area contributed by atoms with Gasteiger partial charge < -0.3 is 10.6 Å². The zero-order chi connectivity index (χ0) is 15.5. The first-order chi connectivity index (χ1) is 9.86. The van der Waals surface area contributed by atoms with Crippen molar-refractivity contribution in [2.24, 2.45) is 11.7 Å². The Kier molecular flexibility index (Phi) is 5.68. The molecule has 2 N–H and O–H groups in total. The standard InChI is InChI=1S/C15H20BrF3N2/c16-13-5-3-11(4-6-13)14(20)7-9-21-8-1-2-12(10-21)15(17,18)19/h3-6,12,14H,1-2,7-10,20H2. The third-order valence-corrected chi connectivity index (χ3v) is 4.55. The second-order valence-corrected chi connectivity index (χ2v) is 6.54. The minimum Gasteiger partial charge on any atom is -0.324 e. The Bertz CT molecular complexity index is 447. The Balaban J connectivity index is 1.83. The van der Waals surface area contributed by atoms with Crippen molar-refractivity contribution in [2.75, 3.05) is 19.6 Å². The van der Waals surface area contributed by atoms with Crippen LogP contribution in [0.4, 0.5) is 13.2 Å². The molecule has 2 unspecified atom stereocenters. The number of piperidine rings is 1. The maximum absolute atomic E-state index is 12.8. The van der Waals surface area contributed by atoms with E-state index in [4.69, 9.17) is 5.73 Å². The lowest BCUT2D eigenvalue weighted by Gasteiger charge is -2.34. The van der Waals surface area contributed by atoms with E-state index in [-0.39, 0.29) is 19.0 Å². The molecule has 2 nitrogen and oxygen atoms in total. The summed E-state index contributed by atoms with van der Waals surface area (Å²) in [5, 5.41) is 0. The van der Waals surface area contributed by atoms with Crippen molar-refractivity contribution in [2.45, 2.75) is 31.5 Å². The number of hydrogen-bond acceptors (Lipinski definition) is 2. The third-order valence-electron chi connectivity index (χ3n) is 4.02. The van der Waals surface area contributed by atoms with Gasteiger partial charge in [-0.2, -0.15) is 13.2 Å². The summed E-state index contributed by atoms with van der Waals surface area (Å²) in [5.41, 5.74) is 7.13. The molecule has 1 aliphatic rings. The molecule has 0 amide bonds. The van der Waals surface area contributed by atoms with Gasteiger partial charge in [0.05, 0.1) is 5.92 Å². The first kappa shape index (κ1) is 16.8. The van der Waals surface area contributed by atoms with Crippen molar-refractivity contribution in [1.29, 1.82) is 0 Å². The highest BCUT2D eigenvalue weighted by Gasteiger charge is 2.41. The average Bonchev–Trinajstić information content (AvgIpc) is 2.45. The zero-order valence-corrected chi connectivity index (χ0v) is 13.3. The molecule has 0 saturated carbocycles. The Labute approximate surface area is 131 Å². The predicted molar refractivity (Wildman–Crippen MR) is 80.9 cm³/mol. The normalized spacial score (nSPS) is 22.2. The van der Waals surface area contributed by atoms with Crippen molar-refractivity contribution in [1.82, 2.24) is 4.90 Å². The van der Waals surface area contributed by atoms with Gasteiger partial charge in [0, 0.05) is 17.1 Å². The van der Waals surface area contributed by atoms with E-state index in [1.54, 1.807) is 0 Å². The fourth-order valence-corrected chi connectivity index (χ4v) is 2.99. The van der Waals surface area contributed by atoms with Crippen LogP contribution in [0.3, 0.4) is 0 Å². The van der Waals surface area contributed by atoms with Crippen molar-refractivity contribution in [3.63, 3.8) is 0 Å². The molecule has 0 aromatic heterocycles. The van der Waals surface area contributed by atoms with Crippen molar-refractivity contribution < 1.29 is 13.2 Å². The molecule has 21 heavy (non-hydrogen) atoms. The summed E-state index contributed by atoms with van der Waals surface area (Å²) in [6.07, 6.45) is -2.55. The molecule has 2 atom stereocenters. The van der Waals surface area contributed by atoms with Gasteiger partial charge in [0.2, 0.25) is 0 Å². The summed E-state index contributed by atoms with van der Waals surface area (Å²) in [4.78, 5) is 1.89. The third kappa shape index (κ3) is 4.97. The highest BCUT2D eigenvalue weighted by Crippen LogP contribution is 2.33. The SMILES string of the molecule is NC(CCN1CCCC(C(F)(F)F)C1)c1ccc(Br)cc1. The largest absolute Gasteiger partial charge is 0.393 e. The lowest BCUT2D eigenvalue weighted by atomic mass is 9.96. The van der Waals surface area contributed by atoms with Gasteiger partial charge in [-0.1, -0.05) is 28.1 Å². The van der Waals surface area contributed by atoms with E-state index in [0.29, 0.717) is 19.4 Å². The molecule has 2 rings (SSSR count). The number of nitrogens with zero attached hydrogens (tertiary/aromatic N) is 1. The fraction of sp³-hybridized carbons (Fsp3) is 0.600. The molecular weight excluding hydrogens is 345 g/mol. The van der Waals surface area contributed by atoms with Crippen LogP contribution in [-0.4, -0.2) is 30.7 Å². The molecule has 118 valence electrons. The number of likely N-dealkylation sites (tertiary alicyclic amines) is 1. The van der Waals surface area contributed by atoms with Crippen LogP contribution in [0.5, 0.6) is 0 Å². The first-order valence-electron chi connectivity index (χ1n) is 7.16. The summed E-state index contributed by atoms with van der Waals surface area (Å²) >= 11 is 3.37. The molecule has 1 aromatic carbocycles. The van der Waals surface area contributed by atoms with Gasteiger partial charge in [-0.25, -0.2) is 0 Å². The Morgan fingerprint density at radius 2 is 1.95 bits per heavy atom. The molecule has 1 saturated heterocycles. The fourth-order valence-electron chi connectivity index (χ4n) is 2.72. The van der Waals surface area contributed by atoms with Crippen LogP contribution in [0.25, 0.3) is 0 Å². The van der Waals surface area contributed by atoms with Crippen LogP contribution >= 0.6 is 15.9 Å². The van der Waals surface area contributed by atoms with Crippen molar-refractivity contribution in [3.8, 4) is 0 Å². The summed E-state index contributed by atoms with van der Waals surface area (Å²) in [6, 6.07) is 7.61. The summed E-state index contributed by atoms with van der Waals surface area (Å²) in [6.45, 7) is 1.46. The summed E-state index contributed by atoms with van der Waals surface area (Å²) < 4.78 is 39.3. The van der Waals surface area contributed by atoms with Crippen molar-refractivity contribution >= 4 is 15.9 Å². The molecule has 0 bridgehead atoms. The van der Waals surface area contributed by atoms with Gasteiger partial charge in [-0.3, -0.25) is 0 Å². The lowest BCUT2D eigenvalue weighted by Crippen LogP contribution is -2.42. The molecule has 0 aliphatic carbocycles. The van der Waals surface area contributed by atoms with Gasteiger partial charge in [0.25, 0.3) is 0 Å². The highest BCUT2D eigenvalue weighted by atomic mass is 79.9. The number of benzene rings is 1. The summed E-state index contributed by atoms with van der Waals surface area (Å²) in [5.74, 6) is -1.19. The van der Waals surface area contributed by atoms with E-state index in [1.807, 2.05) is 29.2 Å². The number of rotatable bonds is 4. The smallest absolute Gasteiger partial charge is 0.324 e. The number of hydrogen-bond donors (Lipinski definition) is 1. The minimum absolute atomic E-state index is 0.108. The zero-order valence-electron chi connectivity index (χ0n) is 11.7. The summed E-state index contributed by atoms with van der Waals surface area (Å²) in [7, 11) is 0. The molecular formula is C15H20BrF3N2. The quantitative estimate of drug-likeness (QED) is 0.870. The second kappa shape index (κ2) is 7.11. The maximum Gasteiger partial charge on any atom is 0.393 e. The van der Waals surface area contributed by atoms with Crippen LogP contribution in [0.2, 0.25) is 0 Å². The van der Waals surface area contributed by atoms with E-state index < -0.39 is 12.1 Å². The Hall–Kier alpha value is -0.590. The van der Waals surface area contributed by atoms with Crippen LogP contribution in [0.1, 0.15) is 30.9 Å². The van der Waals surface area contributed by atoms with Crippen LogP contribution in [-0.2, 0) is 0 Å². The number of halogens is 4. The van der Waals surface area contributed by atoms with Crippen LogP contribution < -0.4 is 5.73 Å². The first-order valence-corrected chi connectivity index (χ1v) is 7.95. The van der Waals surface area contributed by atoms with E-state index in [2.05, 4.69) is 15.9 Å². The van der Waals surface area contributed by atoms with E-state index >= 15 is 0 Å². The van der Waals surface area contributed by atoms with Crippen LogP contribution in [0.15, 0.2) is 28.7 Å². The van der Waals surface area contributed by atoms with Gasteiger partial charge in [0.15, 0.2) is 0 Å². The molecule has 6 heteroatoms. The molecule has 1 aliphatic heterocycles. The second-order valence-electron chi connectivity index (χ2n) is 5.63. The molecule has 1 fully saturated rings. The maximum atomic E-state index is 12.8.